The maximum atomic E-state index is 12.6. The predicted octanol–water partition coefficient (Wildman–Crippen LogP) is 4.20. The smallest absolute Gasteiger partial charge is 0.222 e. The standard InChI is InChI=1S/C25H31NO6/c1-28-19-7-9-20(10-8-19)32-15-5-6-24(27)26-13-11-18(12-14-26)25-22(30-3)16-21(29-2)17-23(25)31-4/h7-11,16-17H,5-6,12-15H2,1-4H3. The molecule has 0 N–H and O–H groups in total. The van der Waals surface area contributed by atoms with Gasteiger partial charge in [-0.3, -0.25) is 4.79 Å². The fourth-order valence-electron chi connectivity index (χ4n) is 3.69. The summed E-state index contributed by atoms with van der Waals surface area (Å²) in [4.78, 5) is 14.5. The van der Waals surface area contributed by atoms with Gasteiger partial charge in [0.05, 0.1) is 40.6 Å². The molecule has 0 saturated carbocycles. The van der Waals surface area contributed by atoms with E-state index < -0.39 is 0 Å². The van der Waals surface area contributed by atoms with Gasteiger partial charge in [0.15, 0.2) is 0 Å². The second-order valence-corrected chi connectivity index (χ2v) is 7.35. The van der Waals surface area contributed by atoms with Crippen LogP contribution < -0.4 is 23.7 Å². The third-order valence-electron chi connectivity index (χ3n) is 5.46. The number of ether oxygens (including phenoxy) is 5. The van der Waals surface area contributed by atoms with E-state index in [1.165, 1.54) is 0 Å². The molecular formula is C25H31NO6. The zero-order chi connectivity index (χ0) is 22.9. The molecule has 1 amide bonds. The fraction of sp³-hybridized carbons (Fsp3) is 0.400. The molecule has 1 aliphatic heterocycles. The van der Waals surface area contributed by atoms with Crippen molar-refractivity contribution in [3.05, 3.63) is 48.0 Å². The zero-order valence-electron chi connectivity index (χ0n) is 19.2. The highest BCUT2D eigenvalue weighted by Gasteiger charge is 2.22. The number of carbonyl (C=O) groups excluding carboxylic acids is 1. The van der Waals surface area contributed by atoms with Crippen LogP contribution in [-0.2, 0) is 4.79 Å². The van der Waals surface area contributed by atoms with Crippen molar-refractivity contribution in [1.82, 2.24) is 4.90 Å². The number of hydrogen-bond donors (Lipinski definition) is 0. The van der Waals surface area contributed by atoms with E-state index in [0.717, 1.165) is 29.1 Å². The average Bonchev–Trinajstić information content (AvgIpc) is 2.86. The number of amides is 1. The molecule has 172 valence electrons. The minimum absolute atomic E-state index is 0.132. The highest BCUT2D eigenvalue weighted by molar-refractivity contribution is 5.81. The van der Waals surface area contributed by atoms with Crippen molar-refractivity contribution in [3.63, 3.8) is 0 Å². The van der Waals surface area contributed by atoms with E-state index in [2.05, 4.69) is 6.08 Å². The molecule has 7 heteroatoms. The van der Waals surface area contributed by atoms with Crippen LogP contribution in [-0.4, -0.2) is 58.9 Å². The lowest BCUT2D eigenvalue weighted by molar-refractivity contribution is -0.131. The van der Waals surface area contributed by atoms with Crippen LogP contribution in [0.4, 0.5) is 0 Å². The minimum Gasteiger partial charge on any atom is -0.497 e. The molecule has 3 rings (SSSR count). The van der Waals surface area contributed by atoms with Crippen LogP contribution in [0.25, 0.3) is 5.57 Å². The fourth-order valence-corrected chi connectivity index (χ4v) is 3.69. The summed E-state index contributed by atoms with van der Waals surface area (Å²) in [6.45, 7) is 1.71. The molecule has 0 fully saturated rings. The van der Waals surface area contributed by atoms with Gasteiger partial charge in [-0.15, -0.1) is 0 Å². The molecule has 0 aliphatic carbocycles. The third kappa shape index (κ3) is 5.66. The van der Waals surface area contributed by atoms with E-state index in [1.54, 1.807) is 28.4 Å². The number of carbonyl (C=O) groups is 1. The van der Waals surface area contributed by atoms with Gasteiger partial charge in [0.1, 0.15) is 28.7 Å². The Labute approximate surface area is 189 Å². The summed E-state index contributed by atoms with van der Waals surface area (Å²) >= 11 is 0. The van der Waals surface area contributed by atoms with Gasteiger partial charge >= 0.3 is 0 Å². The normalized spacial score (nSPS) is 13.2. The maximum absolute atomic E-state index is 12.6. The first kappa shape index (κ1) is 23.3. The van der Waals surface area contributed by atoms with E-state index in [-0.39, 0.29) is 5.91 Å². The van der Waals surface area contributed by atoms with Crippen LogP contribution in [0.1, 0.15) is 24.8 Å². The Morgan fingerprint density at radius 2 is 1.50 bits per heavy atom. The van der Waals surface area contributed by atoms with E-state index in [9.17, 15) is 4.79 Å². The molecule has 32 heavy (non-hydrogen) atoms. The molecule has 0 saturated heterocycles. The lowest BCUT2D eigenvalue weighted by Crippen LogP contribution is -2.34. The van der Waals surface area contributed by atoms with Crippen LogP contribution in [0, 0.1) is 0 Å². The Bertz CT molecular complexity index is 913. The average molecular weight is 442 g/mol. The summed E-state index contributed by atoms with van der Waals surface area (Å²) in [6, 6.07) is 11.1. The summed E-state index contributed by atoms with van der Waals surface area (Å²) in [6.07, 6.45) is 3.92. The monoisotopic (exact) mass is 441 g/mol. The summed E-state index contributed by atoms with van der Waals surface area (Å²) in [5, 5.41) is 0. The van der Waals surface area contributed by atoms with E-state index >= 15 is 0 Å². The van der Waals surface area contributed by atoms with Crippen LogP contribution in [0.2, 0.25) is 0 Å². The first-order valence-electron chi connectivity index (χ1n) is 10.6. The van der Waals surface area contributed by atoms with Crippen molar-refractivity contribution in [2.75, 3.05) is 48.1 Å². The molecule has 1 heterocycles. The molecule has 0 aromatic heterocycles. The molecule has 0 bridgehead atoms. The second-order valence-electron chi connectivity index (χ2n) is 7.35. The molecule has 0 atom stereocenters. The van der Waals surface area contributed by atoms with E-state index in [4.69, 9.17) is 23.7 Å². The topological polar surface area (TPSA) is 66.5 Å². The molecule has 0 unspecified atom stereocenters. The number of rotatable bonds is 10. The van der Waals surface area contributed by atoms with Gasteiger partial charge in [-0.05, 0) is 42.7 Å². The lowest BCUT2D eigenvalue weighted by atomic mass is 9.97. The van der Waals surface area contributed by atoms with Crippen molar-refractivity contribution < 1.29 is 28.5 Å². The maximum Gasteiger partial charge on any atom is 0.222 e. The van der Waals surface area contributed by atoms with Crippen LogP contribution >= 0.6 is 0 Å². The number of nitrogens with zero attached hydrogens (tertiary/aromatic N) is 1. The second kappa shape index (κ2) is 11.3. The van der Waals surface area contributed by atoms with Crippen LogP contribution in [0.15, 0.2) is 42.5 Å². The third-order valence-corrected chi connectivity index (χ3v) is 5.46. The summed E-state index contributed by atoms with van der Waals surface area (Å²) in [5.41, 5.74) is 2.02. The lowest BCUT2D eigenvalue weighted by Gasteiger charge is -2.28. The first-order chi connectivity index (χ1) is 15.6. The van der Waals surface area contributed by atoms with Gasteiger partial charge in [0.25, 0.3) is 0 Å². The van der Waals surface area contributed by atoms with Crippen LogP contribution in [0.5, 0.6) is 28.7 Å². The van der Waals surface area contributed by atoms with Gasteiger partial charge in [-0.2, -0.15) is 0 Å². The summed E-state index contributed by atoms with van der Waals surface area (Å²) < 4.78 is 27.3. The Balaban J connectivity index is 1.54. The van der Waals surface area contributed by atoms with Crippen molar-refractivity contribution in [1.29, 1.82) is 0 Å². The zero-order valence-corrected chi connectivity index (χ0v) is 19.2. The van der Waals surface area contributed by atoms with E-state index in [0.29, 0.717) is 49.8 Å². The predicted molar refractivity (Wildman–Crippen MR) is 123 cm³/mol. The first-order valence-corrected chi connectivity index (χ1v) is 10.6. The van der Waals surface area contributed by atoms with Crippen molar-refractivity contribution in [2.45, 2.75) is 19.3 Å². The molecule has 7 nitrogen and oxygen atoms in total. The molecule has 1 aliphatic rings. The quantitative estimate of drug-likeness (QED) is 0.515. The van der Waals surface area contributed by atoms with Crippen LogP contribution in [0.3, 0.4) is 0 Å². The minimum atomic E-state index is 0.132. The van der Waals surface area contributed by atoms with Crippen molar-refractivity contribution in [2.24, 2.45) is 0 Å². The van der Waals surface area contributed by atoms with E-state index in [1.807, 2.05) is 41.3 Å². The molecule has 2 aromatic rings. The number of benzene rings is 2. The van der Waals surface area contributed by atoms with Gasteiger partial charge in [-0.1, -0.05) is 6.08 Å². The highest BCUT2D eigenvalue weighted by atomic mass is 16.5. The van der Waals surface area contributed by atoms with Crippen molar-refractivity contribution >= 4 is 11.5 Å². The molecule has 0 radical (unpaired) electrons. The Hall–Kier alpha value is -3.35. The van der Waals surface area contributed by atoms with Gasteiger partial charge < -0.3 is 28.6 Å². The molecule has 2 aromatic carbocycles. The van der Waals surface area contributed by atoms with Gasteiger partial charge in [0.2, 0.25) is 5.91 Å². The number of methoxy groups -OCH3 is 4. The SMILES string of the molecule is COc1ccc(OCCCC(=O)N2CC=C(c3c(OC)cc(OC)cc3OC)CC2)cc1. The molecule has 0 spiro atoms. The Morgan fingerprint density at radius 1 is 0.875 bits per heavy atom. The largest absolute Gasteiger partial charge is 0.497 e. The Morgan fingerprint density at radius 3 is 2.03 bits per heavy atom. The number of hydrogen-bond acceptors (Lipinski definition) is 6. The highest BCUT2D eigenvalue weighted by Crippen LogP contribution is 2.40. The van der Waals surface area contributed by atoms with Gasteiger partial charge in [0, 0.05) is 31.6 Å². The summed E-state index contributed by atoms with van der Waals surface area (Å²) in [5.74, 6) is 3.76. The molecular weight excluding hydrogens is 410 g/mol. The van der Waals surface area contributed by atoms with Gasteiger partial charge in [-0.25, -0.2) is 0 Å². The summed E-state index contributed by atoms with van der Waals surface area (Å²) in [7, 11) is 6.50. The van der Waals surface area contributed by atoms with Crippen molar-refractivity contribution in [3.8, 4) is 28.7 Å². The Kier molecular flexibility index (Phi) is 8.25.